The molecule has 0 unspecified atom stereocenters. The maximum Gasteiger partial charge on any atom is 0.256 e. The summed E-state index contributed by atoms with van der Waals surface area (Å²) in [6.07, 6.45) is 3.42. The van der Waals surface area contributed by atoms with Crippen LogP contribution in [0.3, 0.4) is 0 Å². The first-order valence-corrected chi connectivity index (χ1v) is 7.43. The molecule has 5 nitrogen and oxygen atoms in total. The summed E-state index contributed by atoms with van der Waals surface area (Å²) in [5.74, 6) is -0.0270. The molecular weight excluding hydrogens is 276 g/mol. The molecule has 0 atom stereocenters. The molecule has 2 aromatic rings. The largest absolute Gasteiger partial charge is 0.341 e. The molecule has 22 heavy (non-hydrogen) atoms. The van der Waals surface area contributed by atoms with E-state index in [4.69, 9.17) is 5.73 Å². The van der Waals surface area contributed by atoms with E-state index in [-0.39, 0.29) is 11.3 Å². The molecule has 0 aliphatic heterocycles. The zero-order valence-electron chi connectivity index (χ0n) is 13.5. The molecule has 1 aromatic carbocycles. The van der Waals surface area contributed by atoms with Gasteiger partial charge in [0.25, 0.3) is 5.91 Å². The number of nitrogens with zero attached hydrogens (tertiary/aromatic N) is 3. The van der Waals surface area contributed by atoms with Crippen LogP contribution in [0.1, 0.15) is 29.8 Å². The van der Waals surface area contributed by atoms with Gasteiger partial charge in [0, 0.05) is 19.8 Å². The van der Waals surface area contributed by atoms with Crippen LogP contribution in [0.15, 0.2) is 42.7 Å². The number of carbonyl (C=O) groups is 1. The molecule has 1 aromatic heterocycles. The first-order chi connectivity index (χ1) is 10.4. The number of nitrogens with two attached hydrogens (primary N) is 1. The minimum absolute atomic E-state index is 0.0270. The molecule has 1 heterocycles. The fraction of sp³-hybridized carbons (Fsp3) is 0.412. The van der Waals surface area contributed by atoms with Crippen LogP contribution in [-0.2, 0) is 6.54 Å². The molecule has 0 fully saturated rings. The topological polar surface area (TPSA) is 64.2 Å². The lowest BCUT2D eigenvalue weighted by Gasteiger charge is -2.28. The van der Waals surface area contributed by atoms with Gasteiger partial charge in [-0.25, -0.2) is 0 Å². The van der Waals surface area contributed by atoms with Gasteiger partial charge in [-0.2, -0.15) is 5.10 Å². The van der Waals surface area contributed by atoms with Crippen LogP contribution in [-0.4, -0.2) is 40.7 Å². The second kappa shape index (κ2) is 6.75. The Kier molecular flexibility index (Phi) is 4.98. The number of benzene rings is 1. The fourth-order valence-corrected chi connectivity index (χ4v) is 2.33. The van der Waals surface area contributed by atoms with Crippen molar-refractivity contribution in [2.24, 2.45) is 11.1 Å². The quantitative estimate of drug-likeness (QED) is 0.887. The standard InChI is InChI=1S/C17H24N4O/c1-17(2,12-18)13-20(3)16(22)15-9-19-21(11-15)10-14-7-5-4-6-8-14/h4-9,11H,10,12-13,18H2,1-3H3. The molecule has 118 valence electrons. The normalized spacial score (nSPS) is 11.5. The average molecular weight is 300 g/mol. The summed E-state index contributed by atoms with van der Waals surface area (Å²) in [4.78, 5) is 14.1. The highest BCUT2D eigenvalue weighted by molar-refractivity contribution is 5.93. The molecule has 0 saturated carbocycles. The van der Waals surface area contributed by atoms with Gasteiger partial charge < -0.3 is 10.6 Å². The monoisotopic (exact) mass is 300 g/mol. The average Bonchev–Trinajstić information content (AvgIpc) is 2.95. The number of aromatic nitrogens is 2. The predicted molar refractivity (Wildman–Crippen MR) is 87.6 cm³/mol. The third-order valence-corrected chi connectivity index (χ3v) is 3.63. The Morgan fingerprint density at radius 2 is 2.00 bits per heavy atom. The van der Waals surface area contributed by atoms with E-state index in [0.29, 0.717) is 25.2 Å². The van der Waals surface area contributed by atoms with Crippen molar-refractivity contribution in [3.63, 3.8) is 0 Å². The van der Waals surface area contributed by atoms with Gasteiger partial charge in [0.1, 0.15) is 0 Å². The second-order valence-corrected chi connectivity index (χ2v) is 6.44. The highest BCUT2D eigenvalue weighted by atomic mass is 16.2. The third kappa shape index (κ3) is 4.18. The Balaban J connectivity index is 2.03. The summed E-state index contributed by atoms with van der Waals surface area (Å²) in [7, 11) is 1.80. The number of carbonyl (C=O) groups excluding carboxylic acids is 1. The summed E-state index contributed by atoms with van der Waals surface area (Å²) in [5, 5.41) is 4.28. The molecule has 5 heteroatoms. The van der Waals surface area contributed by atoms with Gasteiger partial charge in [0.05, 0.1) is 18.3 Å². The van der Waals surface area contributed by atoms with Crippen LogP contribution < -0.4 is 5.73 Å². The molecule has 0 radical (unpaired) electrons. The molecule has 0 aliphatic rings. The number of amides is 1. The lowest BCUT2D eigenvalue weighted by molar-refractivity contribution is 0.0740. The molecular formula is C17H24N4O. The Morgan fingerprint density at radius 1 is 1.32 bits per heavy atom. The van der Waals surface area contributed by atoms with Crippen molar-refractivity contribution in [3.8, 4) is 0 Å². The smallest absolute Gasteiger partial charge is 0.256 e. The zero-order valence-corrected chi connectivity index (χ0v) is 13.5. The van der Waals surface area contributed by atoms with E-state index >= 15 is 0 Å². The van der Waals surface area contributed by atoms with Crippen LogP contribution in [0.5, 0.6) is 0 Å². The molecule has 1 amide bonds. The summed E-state index contributed by atoms with van der Waals surface area (Å²) >= 11 is 0. The van der Waals surface area contributed by atoms with E-state index in [9.17, 15) is 4.79 Å². The van der Waals surface area contributed by atoms with Crippen LogP contribution in [0.4, 0.5) is 0 Å². The fourth-order valence-electron chi connectivity index (χ4n) is 2.33. The molecule has 0 bridgehead atoms. The third-order valence-electron chi connectivity index (χ3n) is 3.63. The second-order valence-electron chi connectivity index (χ2n) is 6.44. The van der Waals surface area contributed by atoms with Crippen molar-refractivity contribution in [3.05, 3.63) is 53.9 Å². The van der Waals surface area contributed by atoms with Crippen molar-refractivity contribution in [2.75, 3.05) is 20.1 Å². The molecule has 0 spiro atoms. The van der Waals surface area contributed by atoms with E-state index in [1.807, 2.05) is 30.3 Å². The summed E-state index contributed by atoms with van der Waals surface area (Å²) in [5.41, 5.74) is 7.39. The first kappa shape index (κ1) is 16.2. The maximum absolute atomic E-state index is 12.4. The molecule has 0 aliphatic carbocycles. The SMILES string of the molecule is CN(CC(C)(C)CN)C(=O)c1cnn(Cc2ccccc2)c1. The van der Waals surface area contributed by atoms with E-state index in [0.717, 1.165) is 5.56 Å². The van der Waals surface area contributed by atoms with Gasteiger partial charge in [-0.15, -0.1) is 0 Å². The van der Waals surface area contributed by atoms with Gasteiger partial charge in [0.2, 0.25) is 0 Å². The Morgan fingerprint density at radius 3 is 2.64 bits per heavy atom. The van der Waals surface area contributed by atoms with Crippen molar-refractivity contribution >= 4 is 5.91 Å². The van der Waals surface area contributed by atoms with Gasteiger partial charge in [-0.05, 0) is 17.5 Å². The van der Waals surface area contributed by atoms with Crippen molar-refractivity contribution < 1.29 is 4.79 Å². The molecule has 0 saturated heterocycles. The minimum Gasteiger partial charge on any atom is -0.341 e. The Bertz CT molecular complexity index is 619. The molecule has 2 N–H and O–H groups in total. The molecule has 2 rings (SSSR count). The zero-order chi connectivity index (χ0) is 16.2. The van der Waals surface area contributed by atoms with Crippen molar-refractivity contribution in [2.45, 2.75) is 20.4 Å². The number of hydrogen-bond acceptors (Lipinski definition) is 3. The van der Waals surface area contributed by atoms with Gasteiger partial charge >= 0.3 is 0 Å². The van der Waals surface area contributed by atoms with Crippen molar-refractivity contribution in [1.82, 2.24) is 14.7 Å². The maximum atomic E-state index is 12.4. The minimum atomic E-state index is -0.0928. The van der Waals surface area contributed by atoms with E-state index in [2.05, 4.69) is 18.9 Å². The van der Waals surface area contributed by atoms with Gasteiger partial charge in [-0.3, -0.25) is 9.48 Å². The van der Waals surface area contributed by atoms with E-state index in [1.165, 1.54) is 0 Å². The van der Waals surface area contributed by atoms with Crippen LogP contribution in [0, 0.1) is 5.41 Å². The Hall–Kier alpha value is -2.14. The van der Waals surface area contributed by atoms with E-state index < -0.39 is 0 Å². The van der Waals surface area contributed by atoms with Crippen LogP contribution in [0.25, 0.3) is 0 Å². The van der Waals surface area contributed by atoms with Gasteiger partial charge in [0.15, 0.2) is 0 Å². The Labute approximate surface area is 131 Å². The summed E-state index contributed by atoms with van der Waals surface area (Å²) in [6.45, 7) is 5.92. The van der Waals surface area contributed by atoms with Crippen LogP contribution in [0.2, 0.25) is 0 Å². The number of rotatable bonds is 6. The van der Waals surface area contributed by atoms with E-state index in [1.54, 1.807) is 29.0 Å². The lowest BCUT2D eigenvalue weighted by Crippen LogP contribution is -2.39. The highest BCUT2D eigenvalue weighted by Crippen LogP contribution is 2.15. The predicted octanol–water partition coefficient (Wildman–Crippen LogP) is 1.99. The lowest BCUT2D eigenvalue weighted by atomic mass is 9.93. The van der Waals surface area contributed by atoms with Crippen molar-refractivity contribution in [1.29, 1.82) is 0 Å². The van der Waals surface area contributed by atoms with Gasteiger partial charge in [-0.1, -0.05) is 44.2 Å². The summed E-state index contributed by atoms with van der Waals surface area (Å²) < 4.78 is 1.78. The van der Waals surface area contributed by atoms with Crippen LogP contribution >= 0.6 is 0 Å². The first-order valence-electron chi connectivity index (χ1n) is 7.43. The highest BCUT2D eigenvalue weighted by Gasteiger charge is 2.22. The summed E-state index contributed by atoms with van der Waals surface area (Å²) in [6, 6.07) is 10.1. The number of hydrogen-bond donors (Lipinski definition) is 1.